The van der Waals surface area contributed by atoms with Crippen LogP contribution in [0, 0.1) is 0 Å². The first-order chi connectivity index (χ1) is 6.15. The SMILES string of the molecule is CCC[C@H]([NH3+])C(O)C(=O)NC1CC1. The van der Waals surface area contributed by atoms with Crippen LogP contribution in [0.2, 0.25) is 0 Å². The molecule has 13 heavy (non-hydrogen) atoms. The lowest BCUT2D eigenvalue weighted by molar-refractivity contribution is -0.434. The number of hydrogen-bond acceptors (Lipinski definition) is 2. The van der Waals surface area contributed by atoms with E-state index >= 15 is 0 Å². The predicted molar refractivity (Wildman–Crippen MR) is 48.8 cm³/mol. The topological polar surface area (TPSA) is 77.0 Å². The summed E-state index contributed by atoms with van der Waals surface area (Å²) in [7, 11) is 0. The molecule has 5 N–H and O–H groups in total. The van der Waals surface area contributed by atoms with Crippen molar-refractivity contribution in [1.29, 1.82) is 0 Å². The number of nitrogens with one attached hydrogen (secondary N) is 1. The highest BCUT2D eigenvalue weighted by Crippen LogP contribution is 2.18. The van der Waals surface area contributed by atoms with Crippen LogP contribution in [-0.4, -0.2) is 29.2 Å². The highest BCUT2D eigenvalue weighted by molar-refractivity contribution is 5.81. The summed E-state index contributed by atoms with van der Waals surface area (Å²) in [5.41, 5.74) is 3.77. The van der Waals surface area contributed by atoms with Gasteiger partial charge < -0.3 is 16.2 Å². The first-order valence-corrected chi connectivity index (χ1v) is 4.96. The molecule has 0 bridgehead atoms. The molecule has 1 aliphatic rings. The number of amides is 1. The summed E-state index contributed by atoms with van der Waals surface area (Å²) >= 11 is 0. The minimum absolute atomic E-state index is 0.177. The van der Waals surface area contributed by atoms with Crippen molar-refractivity contribution in [3.8, 4) is 0 Å². The molecule has 1 unspecified atom stereocenters. The van der Waals surface area contributed by atoms with E-state index in [1.165, 1.54) is 0 Å². The van der Waals surface area contributed by atoms with Crippen LogP contribution < -0.4 is 11.1 Å². The second-order valence-corrected chi connectivity index (χ2v) is 3.78. The lowest BCUT2D eigenvalue weighted by atomic mass is 10.1. The van der Waals surface area contributed by atoms with Crippen molar-refractivity contribution in [1.82, 2.24) is 5.32 Å². The number of quaternary nitrogens is 1. The van der Waals surface area contributed by atoms with E-state index < -0.39 is 6.10 Å². The zero-order valence-electron chi connectivity index (χ0n) is 8.12. The summed E-state index contributed by atoms with van der Waals surface area (Å²) in [6.07, 6.45) is 2.91. The molecule has 0 aromatic heterocycles. The molecule has 0 heterocycles. The summed E-state index contributed by atoms with van der Waals surface area (Å²) in [4.78, 5) is 11.3. The molecule has 1 amide bonds. The van der Waals surface area contributed by atoms with Gasteiger partial charge in [-0.2, -0.15) is 0 Å². The zero-order chi connectivity index (χ0) is 9.84. The van der Waals surface area contributed by atoms with Crippen LogP contribution in [0.5, 0.6) is 0 Å². The quantitative estimate of drug-likeness (QED) is 0.518. The monoisotopic (exact) mass is 187 g/mol. The third-order valence-corrected chi connectivity index (χ3v) is 2.30. The number of carbonyl (C=O) groups is 1. The van der Waals surface area contributed by atoms with E-state index in [1.807, 2.05) is 6.92 Å². The summed E-state index contributed by atoms with van der Waals surface area (Å²) in [5.74, 6) is -0.254. The van der Waals surface area contributed by atoms with E-state index in [-0.39, 0.29) is 11.9 Å². The maximum absolute atomic E-state index is 11.3. The normalized spacial score (nSPS) is 20.8. The molecule has 0 aromatic rings. The van der Waals surface area contributed by atoms with Gasteiger partial charge in [0.2, 0.25) is 0 Å². The Hall–Kier alpha value is -0.610. The number of aliphatic hydroxyl groups excluding tert-OH is 1. The van der Waals surface area contributed by atoms with Crippen molar-refractivity contribution in [2.75, 3.05) is 0 Å². The van der Waals surface area contributed by atoms with Gasteiger partial charge in [0.1, 0.15) is 6.04 Å². The molecule has 1 aliphatic carbocycles. The van der Waals surface area contributed by atoms with Crippen molar-refractivity contribution in [2.24, 2.45) is 0 Å². The zero-order valence-corrected chi connectivity index (χ0v) is 8.12. The smallest absolute Gasteiger partial charge is 0.255 e. The Morgan fingerprint density at radius 1 is 1.69 bits per heavy atom. The highest BCUT2D eigenvalue weighted by atomic mass is 16.3. The second kappa shape index (κ2) is 4.58. The molecule has 2 atom stereocenters. The average molecular weight is 187 g/mol. The van der Waals surface area contributed by atoms with Crippen molar-refractivity contribution < 1.29 is 15.6 Å². The van der Waals surface area contributed by atoms with Gasteiger partial charge in [0.15, 0.2) is 6.10 Å². The molecule has 0 aromatic carbocycles. The molecular formula is C9H19N2O2+. The number of carbonyl (C=O) groups excluding carboxylic acids is 1. The van der Waals surface area contributed by atoms with Crippen LogP contribution >= 0.6 is 0 Å². The maximum atomic E-state index is 11.3. The molecule has 0 radical (unpaired) electrons. The third-order valence-electron chi connectivity index (χ3n) is 2.30. The Balaban J connectivity index is 2.26. The molecule has 1 saturated carbocycles. The van der Waals surface area contributed by atoms with Gasteiger partial charge >= 0.3 is 0 Å². The van der Waals surface area contributed by atoms with Gasteiger partial charge in [0.25, 0.3) is 5.91 Å². The van der Waals surface area contributed by atoms with Crippen molar-refractivity contribution >= 4 is 5.91 Å². The van der Waals surface area contributed by atoms with Gasteiger partial charge in [-0.05, 0) is 12.8 Å². The highest BCUT2D eigenvalue weighted by Gasteiger charge is 2.30. The molecule has 0 spiro atoms. The number of rotatable bonds is 5. The van der Waals surface area contributed by atoms with Crippen LogP contribution in [0.25, 0.3) is 0 Å². The van der Waals surface area contributed by atoms with Gasteiger partial charge in [-0.15, -0.1) is 0 Å². The first-order valence-electron chi connectivity index (χ1n) is 4.96. The second-order valence-electron chi connectivity index (χ2n) is 3.78. The first kappa shape index (κ1) is 10.5. The van der Waals surface area contributed by atoms with Crippen LogP contribution in [0.15, 0.2) is 0 Å². The Labute approximate surface area is 78.5 Å². The standard InChI is InChI=1S/C9H18N2O2/c1-2-3-7(10)8(12)9(13)11-6-4-5-6/h6-8,12H,2-5,10H2,1H3,(H,11,13)/p+1/t7-,8?/m0/s1. The van der Waals surface area contributed by atoms with Gasteiger partial charge in [0, 0.05) is 12.5 Å². The van der Waals surface area contributed by atoms with Crippen molar-refractivity contribution in [3.63, 3.8) is 0 Å². The van der Waals surface area contributed by atoms with Crippen LogP contribution in [0.3, 0.4) is 0 Å². The largest absolute Gasteiger partial charge is 0.378 e. The molecule has 4 nitrogen and oxygen atoms in total. The Morgan fingerprint density at radius 2 is 2.31 bits per heavy atom. The third kappa shape index (κ3) is 3.32. The Morgan fingerprint density at radius 3 is 2.77 bits per heavy atom. The van der Waals surface area contributed by atoms with E-state index in [1.54, 1.807) is 0 Å². The van der Waals surface area contributed by atoms with Gasteiger partial charge in [0.05, 0.1) is 0 Å². The van der Waals surface area contributed by atoms with Gasteiger partial charge in [-0.1, -0.05) is 13.3 Å². The van der Waals surface area contributed by atoms with Crippen molar-refractivity contribution in [2.45, 2.75) is 50.8 Å². The van der Waals surface area contributed by atoms with Crippen LogP contribution in [-0.2, 0) is 4.79 Å². The summed E-state index contributed by atoms with van der Waals surface area (Å²) in [6, 6.07) is 0.139. The van der Waals surface area contributed by atoms with E-state index in [0.29, 0.717) is 6.04 Å². The lowest BCUT2D eigenvalue weighted by Crippen LogP contribution is -2.68. The van der Waals surface area contributed by atoms with Crippen LogP contribution in [0.1, 0.15) is 32.6 Å². The predicted octanol–water partition coefficient (Wildman–Crippen LogP) is -0.963. The van der Waals surface area contributed by atoms with E-state index in [0.717, 1.165) is 25.7 Å². The van der Waals surface area contributed by atoms with E-state index in [4.69, 9.17) is 0 Å². The minimum Gasteiger partial charge on any atom is -0.378 e. The summed E-state index contributed by atoms with van der Waals surface area (Å²) < 4.78 is 0. The number of hydrogen-bond donors (Lipinski definition) is 3. The van der Waals surface area contributed by atoms with E-state index in [9.17, 15) is 9.90 Å². The molecule has 0 aliphatic heterocycles. The fraction of sp³-hybridized carbons (Fsp3) is 0.889. The summed E-state index contributed by atoms with van der Waals surface area (Å²) in [5, 5.41) is 12.3. The molecule has 1 rings (SSSR count). The van der Waals surface area contributed by atoms with Gasteiger partial charge in [-0.3, -0.25) is 4.79 Å². The summed E-state index contributed by atoms with van der Waals surface area (Å²) in [6.45, 7) is 2.02. The van der Waals surface area contributed by atoms with Gasteiger partial charge in [-0.25, -0.2) is 0 Å². The van der Waals surface area contributed by atoms with Crippen molar-refractivity contribution in [3.05, 3.63) is 0 Å². The number of aliphatic hydroxyl groups is 1. The lowest BCUT2D eigenvalue weighted by Gasteiger charge is -2.14. The minimum atomic E-state index is -0.930. The molecule has 0 saturated heterocycles. The van der Waals surface area contributed by atoms with Crippen LogP contribution in [0.4, 0.5) is 0 Å². The average Bonchev–Trinajstić information content (AvgIpc) is 2.87. The molecule has 4 heteroatoms. The molecule has 1 fully saturated rings. The Kier molecular flexibility index (Phi) is 3.69. The molecular weight excluding hydrogens is 168 g/mol. The fourth-order valence-electron chi connectivity index (χ4n) is 1.26. The van der Waals surface area contributed by atoms with E-state index in [2.05, 4.69) is 11.1 Å². The Bertz CT molecular complexity index is 180. The molecule has 76 valence electrons. The maximum Gasteiger partial charge on any atom is 0.255 e. The fourth-order valence-corrected chi connectivity index (χ4v) is 1.26.